The summed E-state index contributed by atoms with van der Waals surface area (Å²) in [6.45, 7) is -1.40. The number of carbonyl (C=O) groups excluding carboxylic acids is 3. The Labute approximate surface area is 169 Å². The van der Waals surface area contributed by atoms with Crippen LogP contribution < -0.4 is 4.90 Å². The van der Waals surface area contributed by atoms with Crippen LogP contribution in [-0.2, 0) is 14.3 Å². The van der Waals surface area contributed by atoms with Crippen LogP contribution in [-0.4, -0.2) is 27.3 Å². The third-order valence-electron chi connectivity index (χ3n) is 4.86. The van der Waals surface area contributed by atoms with E-state index in [0.29, 0.717) is 5.52 Å². The molecule has 1 aromatic heterocycles. The van der Waals surface area contributed by atoms with E-state index in [2.05, 4.69) is 4.98 Å². The van der Waals surface area contributed by atoms with Gasteiger partial charge in [0, 0.05) is 12.8 Å². The Morgan fingerprint density at radius 2 is 1.77 bits per heavy atom. The van der Waals surface area contributed by atoms with Crippen LogP contribution in [0.1, 0.15) is 48.6 Å². The average Bonchev–Trinajstić information content (AvgIpc) is 3.28. The number of hydrogen-bond donors (Lipinski definition) is 0. The van der Waals surface area contributed by atoms with E-state index < -0.39 is 18.6 Å². The first-order valence-electron chi connectivity index (χ1n) is 9.28. The summed E-state index contributed by atoms with van der Waals surface area (Å²) in [6, 6.07) is 12.3. The van der Waals surface area contributed by atoms with Crippen molar-refractivity contribution >= 4 is 34.5 Å². The number of esters is 1. The predicted molar refractivity (Wildman–Crippen MR) is 103 cm³/mol. The molecule has 1 aliphatic heterocycles. The van der Waals surface area contributed by atoms with E-state index in [1.54, 1.807) is 18.2 Å². The number of amides is 2. The molecule has 0 saturated carbocycles. The minimum Gasteiger partial charge on any atom is -0.451 e. The normalized spacial score (nSPS) is 15.3. The Hall–Kier alpha value is -3.62. The highest BCUT2D eigenvalue weighted by molar-refractivity contribution is 6.20. The lowest BCUT2D eigenvalue weighted by atomic mass is 10.2. The highest BCUT2D eigenvalue weighted by atomic mass is 19.3. The second kappa shape index (κ2) is 7.66. The Bertz CT molecular complexity index is 1140. The topological polar surface area (TPSA) is 81.5 Å². The van der Waals surface area contributed by atoms with Crippen molar-refractivity contribution in [2.24, 2.45) is 0 Å². The quantitative estimate of drug-likeness (QED) is 0.466. The van der Waals surface area contributed by atoms with Crippen LogP contribution in [0, 0.1) is 0 Å². The van der Waals surface area contributed by atoms with Crippen molar-refractivity contribution in [3.63, 3.8) is 0 Å². The maximum atomic E-state index is 13.6. The molecule has 0 aliphatic carbocycles. The van der Waals surface area contributed by atoms with Crippen molar-refractivity contribution in [2.75, 3.05) is 4.90 Å². The van der Waals surface area contributed by atoms with Crippen molar-refractivity contribution in [3.05, 3.63) is 59.9 Å². The number of aromatic nitrogens is 2. The maximum absolute atomic E-state index is 13.6. The van der Waals surface area contributed by atoms with E-state index in [0.717, 1.165) is 9.47 Å². The standard InChI is InChI=1S/C21H17F2N3O4/c1-12(19-24-15-7-2-3-8-16(15)26(19)21(22)23)30-20(29)13-5-4-6-14(11-13)25-17(27)9-10-18(25)28/h2-8,11-12,21H,9-10H2,1H3. The summed E-state index contributed by atoms with van der Waals surface area (Å²) >= 11 is 0. The van der Waals surface area contributed by atoms with E-state index in [-0.39, 0.29) is 47.2 Å². The van der Waals surface area contributed by atoms with Crippen molar-refractivity contribution < 1.29 is 27.9 Å². The molecule has 0 bridgehead atoms. The number of para-hydroxylation sites is 2. The fourth-order valence-electron chi connectivity index (χ4n) is 3.47. The third kappa shape index (κ3) is 3.42. The first-order valence-corrected chi connectivity index (χ1v) is 9.28. The van der Waals surface area contributed by atoms with Gasteiger partial charge in [-0.15, -0.1) is 0 Å². The van der Waals surface area contributed by atoms with Gasteiger partial charge in [-0.05, 0) is 37.3 Å². The lowest BCUT2D eigenvalue weighted by molar-refractivity contribution is -0.121. The molecule has 1 saturated heterocycles. The molecule has 1 aliphatic rings. The van der Waals surface area contributed by atoms with Gasteiger partial charge in [0.05, 0.1) is 22.3 Å². The molecule has 0 radical (unpaired) electrons. The lowest BCUT2D eigenvalue weighted by Crippen LogP contribution is -2.28. The van der Waals surface area contributed by atoms with Crippen LogP contribution >= 0.6 is 0 Å². The highest BCUT2D eigenvalue weighted by Crippen LogP contribution is 2.29. The van der Waals surface area contributed by atoms with Crippen molar-refractivity contribution in [3.8, 4) is 0 Å². The maximum Gasteiger partial charge on any atom is 0.338 e. The van der Waals surface area contributed by atoms with Gasteiger partial charge in [0.1, 0.15) is 0 Å². The lowest BCUT2D eigenvalue weighted by Gasteiger charge is -2.17. The zero-order valence-electron chi connectivity index (χ0n) is 15.9. The third-order valence-corrected chi connectivity index (χ3v) is 4.86. The van der Waals surface area contributed by atoms with E-state index in [1.807, 2.05) is 0 Å². The largest absolute Gasteiger partial charge is 0.451 e. The summed E-state index contributed by atoms with van der Waals surface area (Å²) in [6.07, 6.45) is -0.819. The van der Waals surface area contributed by atoms with Gasteiger partial charge in [-0.25, -0.2) is 9.78 Å². The molecule has 2 amide bonds. The van der Waals surface area contributed by atoms with Crippen LogP contribution in [0.5, 0.6) is 0 Å². The van der Waals surface area contributed by atoms with Crippen molar-refractivity contribution in [2.45, 2.75) is 32.4 Å². The number of alkyl halides is 2. The molecular formula is C21H17F2N3O4. The summed E-state index contributed by atoms with van der Waals surface area (Å²) in [7, 11) is 0. The molecule has 0 N–H and O–H groups in total. The van der Waals surface area contributed by atoms with E-state index in [4.69, 9.17) is 4.74 Å². The summed E-state index contributed by atoms with van der Waals surface area (Å²) in [5, 5.41) is 0. The Morgan fingerprint density at radius 1 is 1.07 bits per heavy atom. The molecule has 7 nitrogen and oxygen atoms in total. The fraction of sp³-hybridized carbons (Fsp3) is 0.238. The van der Waals surface area contributed by atoms with Crippen LogP contribution in [0.25, 0.3) is 11.0 Å². The summed E-state index contributed by atoms with van der Waals surface area (Å²) < 4.78 is 33.3. The molecule has 1 unspecified atom stereocenters. The zero-order valence-corrected chi connectivity index (χ0v) is 15.9. The first kappa shape index (κ1) is 19.7. The summed E-state index contributed by atoms with van der Waals surface area (Å²) in [5.74, 6) is -1.55. The van der Waals surface area contributed by atoms with Gasteiger partial charge in [-0.1, -0.05) is 18.2 Å². The number of anilines is 1. The highest BCUT2D eigenvalue weighted by Gasteiger charge is 2.31. The molecule has 1 fully saturated rings. The second-order valence-electron chi connectivity index (χ2n) is 6.83. The second-order valence-corrected chi connectivity index (χ2v) is 6.83. The Balaban J connectivity index is 1.60. The van der Waals surface area contributed by atoms with E-state index in [1.165, 1.54) is 37.3 Å². The van der Waals surface area contributed by atoms with Crippen LogP contribution in [0.3, 0.4) is 0 Å². The number of rotatable bonds is 5. The molecule has 0 spiro atoms. The van der Waals surface area contributed by atoms with Crippen LogP contribution in [0.4, 0.5) is 14.5 Å². The van der Waals surface area contributed by atoms with Crippen LogP contribution in [0.2, 0.25) is 0 Å². The number of nitrogens with zero attached hydrogens (tertiary/aromatic N) is 3. The van der Waals surface area contributed by atoms with Gasteiger partial charge >= 0.3 is 12.5 Å². The van der Waals surface area contributed by atoms with Gasteiger partial charge in [0.25, 0.3) is 0 Å². The Morgan fingerprint density at radius 3 is 2.47 bits per heavy atom. The number of ether oxygens (including phenoxy) is 1. The number of carbonyl (C=O) groups is 3. The average molecular weight is 413 g/mol. The van der Waals surface area contributed by atoms with Crippen molar-refractivity contribution in [1.82, 2.24) is 9.55 Å². The molecule has 2 heterocycles. The molecule has 2 aromatic carbocycles. The Kier molecular flexibility index (Phi) is 5.03. The minimum absolute atomic E-state index is 0.0828. The van der Waals surface area contributed by atoms with Gasteiger partial charge in [-0.3, -0.25) is 19.1 Å². The van der Waals surface area contributed by atoms with Gasteiger partial charge < -0.3 is 4.74 Å². The number of hydrogen-bond acceptors (Lipinski definition) is 5. The van der Waals surface area contributed by atoms with Gasteiger partial charge in [0.15, 0.2) is 11.9 Å². The molecule has 9 heteroatoms. The number of halogens is 2. The van der Waals surface area contributed by atoms with Gasteiger partial charge in [-0.2, -0.15) is 8.78 Å². The van der Waals surface area contributed by atoms with Crippen LogP contribution in [0.15, 0.2) is 48.5 Å². The zero-order chi connectivity index (χ0) is 21.4. The van der Waals surface area contributed by atoms with Gasteiger partial charge in [0.2, 0.25) is 11.8 Å². The van der Waals surface area contributed by atoms with Crippen molar-refractivity contribution in [1.29, 1.82) is 0 Å². The summed E-state index contributed by atoms with van der Waals surface area (Å²) in [4.78, 5) is 41.7. The predicted octanol–water partition coefficient (Wildman–Crippen LogP) is 4.00. The smallest absolute Gasteiger partial charge is 0.338 e. The fourth-order valence-corrected chi connectivity index (χ4v) is 3.47. The number of imidazole rings is 1. The number of fused-ring (bicyclic) bond motifs is 1. The molecule has 1 atom stereocenters. The molecule has 3 aromatic rings. The molecule has 154 valence electrons. The number of imide groups is 1. The first-order chi connectivity index (χ1) is 14.4. The number of benzene rings is 2. The minimum atomic E-state index is -2.86. The summed E-state index contributed by atoms with van der Waals surface area (Å²) in [5.41, 5.74) is 0.957. The SMILES string of the molecule is CC(OC(=O)c1cccc(N2C(=O)CCC2=O)c1)c1nc2ccccc2n1C(F)F. The molecule has 30 heavy (non-hydrogen) atoms. The van der Waals surface area contributed by atoms with E-state index >= 15 is 0 Å². The van der Waals surface area contributed by atoms with E-state index in [9.17, 15) is 23.2 Å². The molecular weight excluding hydrogens is 396 g/mol. The molecule has 4 rings (SSSR count). The monoisotopic (exact) mass is 413 g/mol.